The van der Waals surface area contributed by atoms with Gasteiger partial charge in [-0.25, -0.2) is 4.98 Å². The Bertz CT molecular complexity index is 298. The predicted molar refractivity (Wildman–Crippen MR) is 61.2 cm³/mol. The predicted octanol–water partition coefficient (Wildman–Crippen LogP) is 1.19. The maximum atomic E-state index is 11.0. The van der Waals surface area contributed by atoms with Crippen molar-refractivity contribution in [2.24, 2.45) is 0 Å². The first-order valence-corrected chi connectivity index (χ1v) is 5.67. The highest BCUT2D eigenvalue weighted by Crippen LogP contribution is 2.00. The van der Waals surface area contributed by atoms with Gasteiger partial charge in [0.05, 0.1) is 6.33 Å². The summed E-state index contributed by atoms with van der Waals surface area (Å²) in [6.07, 6.45) is 6.95. The molecule has 5 heteroatoms. The molecule has 3 N–H and O–H groups in total. The van der Waals surface area contributed by atoms with Gasteiger partial charge in [-0.05, 0) is 13.0 Å². The second kappa shape index (κ2) is 7.00. The van der Waals surface area contributed by atoms with Crippen LogP contribution < -0.4 is 5.32 Å². The van der Waals surface area contributed by atoms with Gasteiger partial charge >= 0.3 is 5.97 Å². The molecule has 0 aliphatic rings. The smallest absolute Gasteiger partial charge is 0.321 e. The van der Waals surface area contributed by atoms with Crippen molar-refractivity contribution in [2.75, 3.05) is 6.54 Å². The summed E-state index contributed by atoms with van der Waals surface area (Å²) in [5.74, 6) is -0.814. The van der Waals surface area contributed by atoms with E-state index in [0.29, 0.717) is 6.42 Å². The first-order chi connectivity index (χ1) is 7.74. The molecule has 0 saturated carbocycles. The Hall–Kier alpha value is -1.36. The van der Waals surface area contributed by atoms with Crippen LogP contribution in [0.1, 0.15) is 31.9 Å². The van der Waals surface area contributed by atoms with Crippen LogP contribution in [0.2, 0.25) is 0 Å². The summed E-state index contributed by atoms with van der Waals surface area (Å²) in [5, 5.41) is 12.1. The lowest BCUT2D eigenvalue weighted by atomic mass is 10.1. The van der Waals surface area contributed by atoms with Gasteiger partial charge in [0.2, 0.25) is 0 Å². The van der Waals surface area contributed by atoms with Crippen LogP contribution in [0, 0.1) is 0 Å². The number of nitrogens with zero attached hydrogens (tertiary/aromatic N) is 1. The Morgan fingerprint density at radius 3 is 3.00 bits per heavy atom. The molecule has 0 bridgehead atoms. The van der Waals surface area contributed by atoms with Crippen molar-refractivity contribution < 1.29 is 9.90 Å². The number of H-pyrrole nitrogens is 1. The van der Waals surface area contributed by atoms with Gasteiger partial charge in [0.15, 0.2) is 0 Å². The standard InChI is InChI=1S/C11H19N3O2/c1-2-3-4-5-13-10(11(15)16)6-9-7-12-8-14-9/h7-8,10,13H,2-6H2,1H3,(H,12,14)(H,15,16)/t10-/m0/s1. The van der Waals surface area contributed by atoms with E-state index in [1.165, 1.54) is 0 Å². The van der Waals surface area contributed by atoms with E-state index in [1.54, 1.807) is 12.5 Å². The first kappa shape index (κ1) is 12.7. The van der Waals surface area contributed by atoms with Crippen LogP contribution in [-0.4, -0.2) is 33.6 Å². The number of carboxylic acids is 1. The first-order valence-electron chi connectivity index (χ1n) is 5.67. The number of aromatic amines is 1. The molecule has 1 aromatic heterocycles. The lowest BCUT2D eigenvalue weighted by Crippen LogP contribution is -2.39. The lowest BCUT2D eigenvalue weighted by Gasteiger charge is -2.13. The SMILES string of the molecule is CCCCCN[C@@H](Cc1cnc[nH]1)C(=O)O. The summed E-state index contributed by atoms with van der Waals surface area (Å²) < 4.78 is 0. The molecule has 0 aliphatic heterocycles. The molecular formula is C11H19N3O2. The number of carboxylic acid groups (broad SMARTS) is 1. The van der Waals surface area contributed by atoms with Crippen LogP contribution in [-0.2, 0) is 11.2 Å². The molecular weight excluding hydrogens is 206 g/mol. The van der Waals surface area contributed by atoms with Gasteiger partial charge in [0.1, 0.15) is 6.04 Å². The number of rotatable bonds is 8. The largest absolute Gasteiger partial charge is 0.480 e. The zero-order chi connectivity index (χ0) is 11.8. The van der Waals surface area contributed by atoms with Gasteiger partial charge in [-0.2, -0.15) is 0 Å². The van der Waals surface area contributed by atoms with E-state index in [2.05, 4.69) is 22.2 Å². The van der Waals surface area contributed by atoms with E-state index in [1.807, 2.05) is 0 Å². The van der Waals surface area contributed by atoms with Crippen LogP contribution in [0.25, 0.3) is 0 Å². The normalized spacial score (nSPS) is 12.6. The van der Waals surface area contributed by atoms with Gasteiger partial charge < -0.3 is 15.4 Å². The molecule has 16 heavy (non-hydrogen) atoms. The summed E-state index contributed by atoms with van der Waals surface area (Å²) in [6, 6.07) is -0.530. The fraction of sp³-hybridized carbons (Fsp3) is 0.636. The molecule has 0 aliphatic carbocycles. The fourth-order valence-corrected chi connectivity index (χ4v) is 1.51. The average molecular weight is 225 g/mol. The third-order valence-electron chi connectivity index (χ3n) is 2.45. The van der Waals surface area contributed by atoms with Crippen LogP contribution in [0.5, 0.6) is 0 Å². The number of aromatic nitrogens is 2. The van der Waals surface area contributed by atoms with E-state index in [4.69, 9.17) is 5.11 Å². The van der Waals surface area contributed by atoms with Crippen LogP contribution in [0.3, 0.4) is 0 Å². The topological polar surface area (TPSA) is 78.0 Å². The molecule has 1 aromatic rings. The Balaban J connectivity index is 2.33. The van der Waals surface area contributed by atoms with Crippen LogP contribution >= 0.6 is 0 Å². The summed E-state index contributed by atoms with van der Waals surface area (Å²) in [4.78, 5) is 17.8. The fourth-order valence-electron chi connectivity index (χ4n) is 1.51. The Morgan fingerprint density at radius 2 is 2.44 bits per heavy atom. The molecule has 1 heterocycles. The molecule has 0 saturated heterocycles. The number of nitrogens with one attached hydrogen (secondary N) is 2. The summed E-state index contributed by atoms with van der Waals surface area (Å²) in [6.45, 7) is 2.87. The van der Waals surface area contributed by atoms with Gasteiger partial charge in [-0.15, -0.1) is 0 Å². The molecule has 0 radical (unpaired) electrons. The number of carbonyl (C=O) groups is 1. The number of imidazole rings is 1. The quantitative estimate of drug-likeness (QED) is 0.581. The molecule has 5 nitrogen and oxygen atoms in total. The number of hydrogen-bond acceptors (Lipinski definition) is 3. The van der Waals surface area contributed by atoms with Crippen molar-refractivity contribution in [3.8, 4) is 0 Å². The maximum Gasteiger partial charge on any atom is 0.321 e. The minimum absolute atomic E-state index is 0.446. The third-order valence-corrected chi connectivity index (χ3v) is 2.45. The Labute approximate surface area is 95.3 Å². The zero-order valence-corrected chi connectivity index (χ0v) is 9.57. The highest BCUT2D eigenvalue weighted by Gasteiger charge is 2.17. The highest BCUT2D eigenvalue weighted by molar-refractivity contribution is 5.73. The summed E-state index contributed by atoms with van der Waals surface area (Å²) >= 11 is 0. The molecule has 90 valence electrons. The van der Waals surface area contributed by atoms with Crippen molar-refractivity contribution in [1.82, 2.24) is 15.3 Å². The molecule has 0 aromatic carbocycles. The van der Waals surface area contributed by atoms with E-state index in [-0.39, 0.29) is 0 Å². The van der Waals surface area contributed by atoms with Gasteiger partial charge in [-0.1, -0.05) is 19.8 Å². The highest BCUT2D eigenvalue weighted by atomic mass is 16.4. The maximum absolute atomic E-state index is 11.0. The second-order valence-corrected chi connectivity index (χ2v) is 3.83. The van der Waals surface area contributed by atoms with E-state index in [0.717, 1.165) is 31.5 Å². The monoisotopic (exact) mass is 225 g/mol. The summed E-state index contributed by atoms with van der Waals surface area (Å²) in [5.41, 5.74) is 0.843. The van der Waals surface area contributed by atoms with Crippen LogP contribution in [0.15, 0.2) is 12.5 Å². The van der Waals surface area contributed by atoms with Gasteiger partial charge in [0.25, 0.3) is 0 Å². The minimum atomic E-state index is -0.814. The van der Waals surface area contributed by atoms with Crippen molar-refractivity contribution in [3.05, 3.63) is 18.2 Å². The number of unbranched alkanes of at least 4 members (excludes halogenated alkanes) is 2. The van der Waals surface area contributed by atoms with Crippen LogP contribution in [0.4, 0.5) is 0 Å². The second-order valence-electron chi connectivity index (χ2n) is 3.83. The van der Waals surface area contributed by atoms with Crippen molar-refractivity contribution >= 4 is 5.97 Å². The molecule has 0 spiro atoms. The Kier molecular flexibility index (Phi) is 5.56. The van der Waals surface area contributed by atoms with Gasteiger partial charge in [-0.3, -0.25) is 4.79 Å². The molecule has 0 fully saturated rings. The minimum Gasteiger partial charge on any atom is -0.480 e. The van der Waals surface area contributed by atoms with Crippen molar-refractivity contribution in [3.63, 3.8) is 0 Å². The molecule has 1 atom stereocenters. The van der Waals surface area contributed by atoms with Crippen molar-refractivity contribution in [2.45, 2.75) is 38.6 Å². The zero-order valence-electron chi connectivity index (χ0n) is 9.57. The Morgan fingerprint density at radius 1 is 1.62 bits per heavy atom. The van der Waals surface area contributed by atoms with Gasteiger partial charge in [0, 0.05) is 18.3 Å². The number of hydrogen-bond donors (Lipinski definition) is 3. The van der Waals surface area contributed by atoms with E-state index >= 15 is 0 Å². The number of aliphatic carboxylic acids is 1. The lowest BCUT2D eigenvalue weighted by molar-refractivity contribution is -0.139. The summed E-state index contributed by atoms with van der Waals surface area (Å²) in [7, 11) is 0. The average Bonchev–Trinajstić information content (AvgIpc) is 2.75. The van der Waals surface area contributed by atoms with E-state index < -0.39 is 12.0 Å². The van der Waals surface area contributed by atoms with E-state index in [9.17, 15) is 4.79 Å². The third kappa shape index (κ3) is 4.44. The molecule has 1 rings (SSSR count). The van der Waals surface area contributed by atoms with Crippen molar-refractivity contribution in [1.29, 1.82) is 0 Å². The molecule has 0 unspecified atom stereocenters. The molecule has 0 amide bonds.